The van der Waals surface area contributed by atoms with Gasteiger partial charge in [0.1, 0.15) is 0 Å². The maximum absolute atomic E-state index is 11.6. The van der Waals surface area contributed by atoms with Crippen molar-refractivity contribution in [3.8, 4) is 0 Å². The Morgan fingerprint density at radius 1 is 1.47 bits per heavy atom. The molecule has 2 N–H and O–H groups in total. The highest BCUT2D eigenvalue weighted by molar-refractivity contribution is 9.10. The molecule has 0 aliphatic heterocycles. The molecule has 5 nitrogen and oxygen atoms in total. The normalized spacial score (nSPS) is 13.1. The molecule has 0 saturated carbocycles. The molecule has 0 heterocycles. The number of halogens is 1. The Balaban J connectivity index is 2.98. The topological polar surface area (TPSA) is 83.5 Å². The molecule has 0 fully saturated rings. The van der Waals surface area contributed by atoms with E-state index in [1.807, 2.05) is 6.92 Å². The quantitative estimate of drug-likeness (QED) is 0.888. The minimum absolute atomic E-state index is 0.329. The van der Waals surface area contributed by atoms with Crippen molar-refractivity contribution in [2.75, 3.05) is 4.72 Å². The molecule has 1 atom stereocenters. The third-order valence-corrected chi connectivity index (χ3v) is 4.75. The smallest absolute Gasteiger partial charge is 0.323 e. The van der Waals surface area contributed by atoms with Crippen LogP contribution in [0.25, 0.3) is 0 Å². The van der Waals surface area contributed by atoms with Gasteiger partial charge in [0, 0.05) is 10.2 Å². The number of anilines is 1. The number of carboxylic acids is 1. The lowest BCUT2D eigenvalue weighted by Gasteiger charge is -2.11. The maximum atomic E-state index is 11.6. The maximum Gasteiger partial charge on any atom is 0.323 e. The number of aryl methyl sites for hydroxylation is 1. The summed E-state index contributed by atoms with van der Waals surface area (Å²) >= 11 is 3.27. The summed E-state index contributed by atoms with van der Waals surface area (Å²) in [5.74, 6) is -1.39. The molecule has 0 aromatic heterocycles. The third-order valence-electron chi connectivity index (χ3n) is 2.25. The van der Waals surface area contributed by atoms with E-state index in [4.69, 9.17) is 5.11 Å². The van der Waals surface area contributed by atoms with Gasteiger partial charge in [-0.25, -0.2) is 8.42 Å². The minimum Gasteiger partial charge on any atom is -0.480 e. The largest absolute Gasteiger partial charge is 0.480 e. The molecule has 1 unspecified atom stereocenters. The van der Waals surface area contributed by atoms with E-state index in [9.17, 15) is 13.2 Å². The average Bonchev–Trinajstić information content (AvgIpc) is 2.22. The molecule has 1 rings (SSSR count). The number of carboxylic acid groups (broad SMARTS) is 1. The van der Waals surface area contributed by atoms with Crippen LogP contribution in [0.4, 0.5) is 5.69 Å². The standard InChI is InChI=1S/C10H12BrNO4S/c1-6-3-4-8(5-9(6)11)12-17(15,16)7(2)10(13)14/h3-5,7,12H,1-2H3,(H,13,14). The first-order valence-electron chi connectivity index (χ1n) is 4.74. The Kier molecular flexibility index (Phi) is 4.16. The fourth-order valence-electron chi connectivity index (χ4n) is 1.04. The number of carbonyl (C=O) groups is 1. The van der Waals surface area contributed by atoms with Crippen LogP contribution in [0, 0.1) is 6.92 Å². The van der Waals surface area contributed by atoms with Crippen molar-refractivity contribution in [1.82, 2.24) is 0 Å². The molecule has 94 valence electrons. The van der Waals surface area contributed by atoms with E-state index < -0.39 is 21.2 Å². The van der Waals surface area contributed by atoms with Crippen molar-refractivity contribution in [3.05, 3.63) is 28.2 Å². The number of nitrogens with one attached hydrogen (secondary N) is 1. The van der Waals surface area contributed by atoms with Gasteiger partial charge >= 0.3 is 5.97 Å². The van der Waals surface area contributed by atoms with Gasteiger partial charge in [-0.2, -0.15) is 0 Å². The van der Waals surface area contributed by atoms with Gasteiger partial charge in [-0.3, -0.25) is 9.52 Å². The first-order valence-corrected chi connectivity index (χ1v) is 7.08. The summed E-state index contributed by atoms with van der Waals surface area (Å²) in [5, 5.41) is 7.17. The fraction of sp³-hybridized carbons (Fsp3) is 0.300. The number of benzene rings is 1. The van der Waals surface area contributed by atoms with Crippen LogP contribution in [-0.2, 0) is 14.8 Å². The first kappa shape index (κ1) is 14.0. The van der Waals surface area contributed by atoms with Crippen LogP contribution < -0.4 is 4.72 Å². The van der Waals surface area contributed by atoms with Crippen molar-refractivity contribution in [2.45, 2.75) is 19.1 Å². The van der Waals surface area contributed by atoms with Crippen LogP contribution >= 0.6 is 15.9 Å². The second-order valence-electron chi connectivity index (χ2n) is 3.59. The zero-order chi connectivity index (χ0) is 13.2. The molecule has 1 aromatic rings. The van der Waals surface area contributed by atoms with Gasteiger partial charge in [0.2, 0.25) is 10.0 Å². The molecule has 0 aliphatic rings. The van der Waals surface area contributed by atoms with Gasteiger partial charge in [0.25, 0.3) is 0 Å². The third kappa shape index (κ3) is 3.44. The van der Waals surface area contributed by atoms with Crippen molar-refractivity contribution < 1.29 is 18.3 Å². The van der Waals surface area contributed by atoms with E-state index in [0.29, 0.717) is 5.69 Å². The lowest BCUT2D eigenvalue weighted by atomic mass is 10.2. The molecule has 0 amide bonds. The summed E-state index contributed by atoms with van der Waals surface area (Å²) in [4.78, 5) is 10.6. The zero-order valence-corrected chi connectivity index (χ0v) is 11.7. The molecular formula is C10H12BrNO4S. The van der Waals surface area contributed by atoms with Gasteiger partial charge in [0.05, 0.1) is 0 Å². The number of hydrogen-bond donors (Lipinski definition) is 2. The van der Waals surface area contributed by atoms with Gasteiger partial charge in [-0.05, 0) is 31.5 Å². The van der Waals surface area contributed by atoms with E-state index in [1.165, 1.54) is 0 Å². The van der Waals surface area contributed by atoms with Gasteiger partial charge in [0.15, 0.2) is 5.25 Å². The minimum atomic E-state index is -3.91. The zero-order valence-electron chi connectivity index (χ0n) is 9.27. The summed E-state index contributed by atoms with van der Waals surface area (Å²) < 4.78 is 26.2. The highest BCUT2D eigenvalue weighted by Gasteiger charge is 2.27. The second-order valence-corrected chi connectivity index (χ2v) is 6.45. The Bertz CT molecular complexity index is 541. The highest BCUT2D eigenvalue weighted by Crippen LogP contribution is 2.22. The molecule has 0 spiro atoms. The van der Waals surface area contributed by atoms with E-state index in [1.54, 1.807) is 18.2 Å². The number of rotatable bonds is 4. The van der Waals surface area contributed by atoms with Crippen molar-refractivity contribution in [2.24, 2.45) is 0 Å². The molecule has 17 heavy (non-hydrogen) atoms. The predicted molar refractivity (Wildman–Crippen MR) is 68.5 cm³/mol. The Morgan fingerprint density at radius 2 is 2.06 bits per heavy atom. The van der Waals surface area contributed by atoms with Gasteiger partial charge in [-0.15, -0.1) is 0 Å². The highest BCUT2D eigenvalue weighted by atomic mass is 79.9. The van der Waals surface area contributed by atoms with Crippen LogP contribution in [0.3, 0.4) is 0 Å². The van der Waals surface area contributed by atoms with Gasteiger partial charge in [-0.1, -0.05) is 22.0 Å². The Morgan fingerprint density at radius 3 is 2.53 bits per heavy atom. The van der Waals surface area contributed by atoms with Crippen molar-refractivity contribution in [3.63, 3.8) is 0 Å². The molecule has 0 bridgehead atoms. The van der Waals surface area contributed by atoms with Crippen molar-refractivity contribution >= 4 is 37.6 Å². The molecule has 0 aliphatic carbocycles. The van der Waals surface area contributed by atoms with E-state index >= 15 is 0 Å². The van der Waals surface area contributed by atoms with Crippen LogP contribution in [-0.4, -0.2) is 24.7 Å². The number of aliphatic carboxylic acids is 1. The number of sulfonamides is 1. The van der Waals surface area contributed by atoms with Crippen LogP contribution in [0.5, 0.6) is 0 Å². The van der Waals surface area contributed by atoms with Crippen molar-refractivity contribution in [1.29, 1.82) is 0 Å². The number of hydrogen-bond acceptors (Lipinski definition) is 3. The summed E-state index contributed by atoms with van der Waals surface area (Å²) in [6, 6.07) is 4.89. The summed E-state index contributed by atoms with van der Waals surface area (Å²) in [6.07, 6.45) is 0. The van der Waals surface area contributed by atoms with E-state index in [-0.39, 0.29) is 0 Å². The monoisotopic (exact) mass is 321 g/mol. The molecule has 0 radical (unpaired) electrons. The molecular weight excluding hydrogens is 310 g/mol. The lowest BCUT2D eigenvalue weighted by molar-refractivity contribution is -0.136. The second kappa shape index (κ2) is 5.05. The molecule has 7 heteroatoms. The van der Waals surface area contributed by atoms with Crippen LogP contribution in [0.1, 0.15) is 12.5 Å². The first-order chi connectivity index (χ1) is 7.74. The predicted octanol–water partition coefficient (Wildman–Crippen LogP) is 1.97. The van der Waals surface area contributed by atoms with E-state index in [0.717, 1.165) is 17.0 Å². The Hall–Kier alpha value is -1.08. The molecule has 0 saturated heterocycles. The summed E-state index contributed by atoms with van der Waals surface area (Å²) in [7, 11) is -3.91. The fourth-order valence-corrected chi connectivity index (χ4v) is 2.32. The SMILES string of the molecule is Cc1ccc(NS(=O)(=O)C(C)C(=O)O)cc1Br. The van der Waals surface area contributed by atoms with Crippen LogP contribution in [0.15, 0.2) is 22.7 Å². The summed E-state index contributed by atoms with van der Waals surface area (Å²) in [5.41, 5.74) is 1.29. The van der Waals surface area contributed by atoms with Crippen LogP contribution in [0.2, 0.25) is 0 Å². The average molecular weight is 322 g/mol. The van der Waals surface area contributed by atoms with Gasteiger partial charge < -0.3 is 5.11 Å². The van der Waals surface area contributed by atoms with E-state index in [2.05, 4.69) is 20.7 Å². The Labute approximate surface area is 108 Å². The lowest BCUT2D eigenvalue weighted by Crippen LogP contribution is -2.32. The molecule has 1 aromatic carbocycles. The summed E-state index contributed by atoms with van der Waals surface area (Å²) in [6.45, 7) is 2.98.